The van der Waals surface area contributed by atoms with Crippen LogP contribution in [0.4, 0.5) is 0 Å². The molecule has 4 nitrogen and oxygen atoms in total. The first kappa shape index (κ1) is 16.6. The van der Waals surface area contributed by atoms with Crippen molar-refractivity contribution in [2.75, 3.05) is 6.26 Å². The van der Waals surface area contributed by atoms with Crippen molar-refractivity contribution >= 4 is 33.4 Å². The lowest BCUT2D eigenvalue weighted by Crippen LogP contribution is -2.38. The topological polar surface area (TPSA) is 70.0 Å². The molecule has 1 aromatic carbocycles. The molecule has 0 unspecified atom stereocenters. The number of hydrogen-bond acceptors (Lipinski definition) is 4. The van der Waals surface area contributed by atoms with Gasteiger partial charge >= 0.3 is 0 Å². The number of thioether (sulfide) groups is 1. The van der Waals surface area contributed by atoms with Gasteiger partial charge in [-0.2, -0.15) is 17.0 Å². The van der Waals surface area contributed by atoms with Crippen molar-refractivity contribution in [3.05, 3.63) is 28.8 Å². The molecular weight excluding hydrogens is 328 g/mol. The van der Waals surface area contributed by atoms with Crippen molar-refractivity contribution in [3.63, 3.8) is 0 Å². The van der Waals surface area contributed by atoms with E-state index >= 15 is 0 Å². The molecule has 1 fully saturated rings. The maximum Gasteiger partial charge on any atom is 0.242 e. The zero-order chi connectivity index (χ0) is 15.5. The van der Waals surface area contributed by atoms with E-state index in [4.69, 9.17) is 16.9 Å². The van der Waals surface area contributed by atoms with Gasteiger partial charge in [-0.15, -0.1) is 0 Å². The fourth-order valence-corrected chi connectivity index (χ4v) is 5.08. The van der Waals surface area contributed by atoms with Gasteiger partial charge in [0.1, 0.15) is 4.90 Å². The van der Waals surface area contributed by atoms with Crippen LogP contribution in [0, 0.1) is 11.3 Å². The van der Waals surface area contributed by atoms with E-state index in [0.717, 1.165) is 25.7 Å². The average molecular weight is 345 g/mol. The molecule has 0 bridgehead atoms. The Hall–Kier alpha value is -0.740. The van der Waals surface area contributed by atoms with E-state index < -0.39 is 10.0 Å². The minimum atomic E-state index is -3.64. The van der Waals surface area contributed by atoms with Crippen molar-refractivity contribution in [3.8, 4) is 6.07 Å². The minimum Gasteiger partial charge on any atom is -0.208 e. The van der Waals surface area contributed by atoms with Gasteiger partial charge in [0.2, 0.25) is 10.0 Å². The van der Waals surface area contributed by atoms with Gasteiger partial charge in [-0.3, -0.25) is 0 Å². The predicted octanol–water partition coefficient (Wildman–Crippen LogP) is 3.16. The third kappa shape index (κ3) is 4.13. The fourth-order valence-electron chi connectivity index (χ4n) is 2.49. The summed E-state index contributed by atoms with van der Waals surface area (Å²) >= 11 is 7.82. The summed E-state index contributed by atoms with van der Waals surface area (Å²) in [6.45, 7) is 0. The van der Waals surface area contributed by atoms with Crippen LogP contribution in [0.5, 0.6) is 0 Å². The smallest absolute Gasteiger partial charge is 0.208 e. The standard InChI is InChI=1S/C14H17ClN2O2S2/c1-20-12-5-3-11(4-6-12)17-21(18,19)14-7-2-10(9-16)8-13(14)15/h2,7-8,11-12,17H,3-6H2,1H3. The zero-order valence-corrected chi connectivity index (χ0v) is 14.1. The van der Waals surface area contributed by atoms with E-state index in [-0.39, 0.29) is 16.0 Å². The van der Waals surface area contributed by atoms with E-state index in [1.807, 2.05) is 17.8 Å². The molecule has 1 aliphatic rings. The Labute approximate surface area is 134 Å². The Bertz CT molecular complexity index is 647. The lowest BCUT2D eigenvalue weighted by Gasteiger charge is -2.27. The molecule has 7 heteroatoms. The maximum absolute atomic E-state index is 12.4. The molecule has 0 heterocycles. The molecule has 0 atom stereocenters. The van der Waals surface area contributed by atoms with Gasteiger partial charge in [0.15, 0.2) is 0 Å². The molecule has 2 rings (SSSR count). The molecule has 0 aromatic heterocycles. The van der Waals surface area contributed by atoms with Crippen LogP contribution in [0.15, 0.2) is 23.1 Å². The van der Waals surface area contributed by atoms with Gasteiger partial charge in [0, 0.05) is 11.3 Å². The quantitative estimate of drug-likeness (QED) is 0.910. The average Bonchev–Trinajstić information content (AvgIpc) is 2.47. The Morgan fingerprint density at radius 2 is 2.00 bits per heavy atom. The Morgan fingerprint density at radius 3 is 2.52 bits per heavy atom. The number of rotatable bonds is 4. The molecular formula is C14H17ClN2O2S2. The number of hydrogen-bond donors (Lipinski definition) is 1. The first-order chi connectivity index (χ1) is 9.96. The lowest BCUT2D eigenvalue weighted by molar-refractivity contribution is 0.420. The van der Waals surface area contributed by atoms with Crippen molar-refractivity contribution in [2.45, 2.75) is 41.9 Å². The molecule has 0 radical (unpaired) electrons. The van der Waals surface area contributed by atoms with Crippen molar-refractivity contribution in [1.29, 1.82) is 5.26 Å². The number of nitrogens with zero attached hydrogens (tertiary/aromatic N) is 1. The number of halogens is 1. The van der Waals surface area contributed by atoms with Crippen molar-refractivity contribution in [2.24, 2.45) is 0 Å². The zero-order valence-electron chi connectivity index (χ0n) is 11.7. The highest BCUT2D eigenvalue weighted by molar-refractivity contribution is 7.99. The van der Waals surface area contributed by atoms with E-state index in [9.17, 15) is 8.42 Å². The molecule has 1 aromatic rings. The third-order valence-corrected chi connectivity index (χ3v) is 6.82. The van der Waals surface area contributed by atoms with Crippen LogP contribution in [-0.4, -0.2) is 26.0 Å². The predicted molar refractivity (Wildman–Crippen MR) is 86.0 cm³/mol. The van der Waals surface area contributed by atoms with Gasteiger partial charge in [-0.05, 0) is 50.1 Å². The lowest BCUT2D eigenvalue weighted by atomic mass is 9.96. The second-order valence-electron chi connectivity index (χ2n) is 5.09. The second kappa shape index (κ2) is 7.01. The van der Waals surface area contributed by atoms with Gasteiger partial charge < -0.3 is 0 Å². The number of sulfonamides is 1. The van der Waals surface area contributed by atoms with Crippen molar-refractivity contribution < 1.29 is 8.42 Å². The maximum atomic E-state index is 12.4. The van der Waals surface area contributed by atoms with Crippen LogP contribution in [0.25, 0.3) is 0 Å². The van der Waals surface area contributed by atoms with Gasteiger partial charge in [0.25, 0.3) is 0 Å². The van der Waals surface area contributed by atoms with Crippen molar-refractivity contribution in [1.82, 2.24) is 4.72 Å². The van der Waals surface area contributed by atoms with Crippen LogP contribution in [-0.2, 0) is 10.0 Å². The summed E-state index contributed by atoms with van der Waals surface area (Å²) in [4.78, 5) is 0.0372. The third-order valence-electron chi connectivity index (χ3n) is 3.68. The fraction of sp³-hybridized carbons (Fsp3) is 0.500. The summed E-state index contributed by atoms with van der Waals surface area (Å²) in [5, 5.41) is 9.50. The van der Waals surface area contributed by atoms with Gasteiger partial charge in [0.05, 0.1) is 16.7 Å². The molecule has 1 aliphatic carbocycles. The molecule has 0 spiro atoms. The van der Waals surface area contributed by atoms with Crippen LogP contribution in [0.1, 0.15) is 31.2 Å². The van der Waals surface area contributed by atoms with E-state index in [2.05, 4.69) is 11.0 Å². The second-order valence-corrected chi connectivity index (χ2v) is 8.32. The van der Waals surface area contributed by atoms with E-state index in [1.165, 1.54) is 18.2 Å². The number of nitrogens with one attached hydrogen (secondary N) is 1. The highest BCUT2D eigenvalue weighted by Crippen LogP contribution is 2.29. The molecule has 114 valence electrons. The summed E-state index contributed by atoms with van der Waals surface area (Å²) < 4.78 is 27.5. The van der Waals surface area contributed by atoms with E-state index in [1.54, 1.807) is 0 Å². The Balaban J connectivity index is 2.11. The van der Waals surface area contributed by atoms with Gasteiger partial charge in [-0.1, -0.05) is 11.6 Å². The molecule has 0 aliphatic heterocycles. The SMILES string of the molecule is CSC1CCC(NS(=O)(=O)c2ccc(C#N)cc2Cl)CC1. The highest BCUT2D eigenvalue weighted by atomic mass is 35.5. The molecule has 1 saturated carbocycles. The minimum absolute atomic E-state index is 0.0369. The monoisotopic (exact) mass is 344 g/mol. The Kier molecular flexibility index (Phi) is 5.55. The van der Waals surface area contributed by atoms with Crippen LogP contribution in [0.3, 0.4) is 0 Å². The number of benzene rings is 1. The molecule has 0 saturated heterocycles. The molecule has 21 heavy (non-hydrogen) atoms. The largest absolute Gasteiger partial charge is 0.242 e. The van der Waals surface area contributed by atoms with Crippen LogP contribution < -0.4 is 4.72 Å². The molecule has 1 N–H and O–H groups in total. The first-order valence-corrected chi connectivity index (χ1v) is 9.86. The summed E-state index contributed by atoms with van der Waals surface area (Å²) in [5.74, 6) is 0. The van der Waals surface area contributed by atoms with Crippen LogP contribution >= 0.6 is 23.4 Å². The summed E-state index contributed by atoms with van der Waals surface area (Å²) in [7, 11) is -3.64. The number of nitriles is 1. The normalized spacial score (nSPS) is 22.7. The Morgan fingerprint density at radius 1 is 1.33 bits per heavy atom. The summed E-state index contributed by atoms with van der Waals surface area (Å²) in [5.41, 5.74) is 0.347. The molecule has 0 amide bonds. The summed E-state index contributed by atoms with van der Waals surface area (Å²) in [6, 6.07) is 6.12. The summed E-state index contributed by atoms with van der Waals surface area (Å²) in [6.07, 6.45) is 5.83. The van der Waals surface area contributed by atoms with E-state index in [0.29, 0.717) is 10.8 Å². The van der Waals surface area contributed by atoms with Gasteiger partial charge in [-0.25, -0.2) is 13.1 Å². The highest BCUT2D eigenvalue weighted by Gasteiger charge is 2.26. The first-order valence-electron chi connectivity index (χ1n) is 6.71. The van der Waals surface area contributed by atoms with Crippen LogP contribution in [0.2, 0.25) is 5.02 Å².